The van der Waals surface area contributed by atoms with Crippen molar-refractivity contribution in [3.63, 3.8) is 0 Å². The zero-order valence-electron chi connectivity index (χ0n) is 17.9. The Morgan fingerprint density at radius 2 is 1.59 bits per heavy atom. The fraction of sp³-hybridized carbons (Fsp3) is 0.174. The first-order valence-electron chi connectivity index (χ1n) is 9.89. The Morgan fingerprint density at radius 1 is 0.941 bits per heavy atom. The normalized spacial score (nSPS) is 11.5. The molecular formula is C23H21F3N2O5S. The molecular weight excluding hydrogens is 473 g/mol. The van der Waals surface area contributed by atoms with Crippen molar-refractivity contribution in [2.24, 2.45) is 0 Å². The molecule has 0 bridgehead atoms. The Bertz CT molecular complexity index is 1230. The van der Waals surface area contributed by atoms with E-state index in [9.17, 15) is 26.4 Å². The zero-order chi connectivity index (χ0) is 24.8. The molecule has 0 aliphatic heterocycles. The molecule has 11 heteroatoms. The number of methoxy groups -OCH3 is 1. The van der Waals surface area contributed by atoms with Gasteiger partial charge in [-0.05, 0) is 60.2 Å². The van der Waals surface area contributed by atoms with E-state index in [2.05, 4.69) is 10.0 Å². The van der Waals surface area contributed by atoms with E-state index < -0.39 is 21.8 Å². The minimum atomic E-state index is -4.60. The molecule has 0 atom stereocenters. The molecule has 7 nitrogen and oxygen atoms in total. The van der Waals surface area contributed by atoms with Gasteiger partial charge < -0.3 is 14.8 Å². The van der Waals surface area contributed by atoms with Crippen molar-refractivity contribution in [1.29, 1.82) is 0 Å². The van der Waals surface area contributed by atoms with Gasteiger partial charge in [0.25, 0.3) is 15.9 Å². The molecule has 3 aromatic carbocycles. The maximum Gasteiger partial charge on any atom is 0.416 e. The summed E-state index contributed by atoms with van der Waals surface area (Å²) in [6.07, 6.45) is -4.60. The van der Waals surface area contributed by atoms with Crippen LogP contribution in [-0.4, -0.2) is 28.0 Å². The monoisotopic (exact) mass is 494 g/mol. The molecule has 0 heterocycles. The first kappa shape index (κ1) is 24.9. The number of rotatable bonds is 9. The number of amides is 1. The number of halogens is 3. The van der Waals surface area contributed by atoms with Gasteiger partial charge in [-0.15, -0.1) is 0 Å². The van der Waals surface area contributed by atoms with E-state index in [0.717, 1.165) is 17.7 Å². The quantitative estimate of drug-likeness (QED) is 0.465. The molecule has 0 aromatic heterocycles. The van der Waals surface area contributed by atoms with Gasteiger partial charge in [0.05, 0.1) is 17.6 Å². The van der Waals surface area contributed by atoms with E-state index in [1.54, 1.807) is 19.2 Å². The Balaban J connectivity index is 1.54. The van der Waals surface area contributed by atoms with Crippen LogP contribution in [0.25, 0.3) is 0 Å². The zero-order valence-corrected chi connectivity index (χ0v) is 18.7. The summed E-state index contributed by atoms with van der Waals surface area (Å²) < 4.78 is 76.0. The fourth-order valence-electron chi connectivity index (χ4n) is 2.83. The van der Waals surface area contributed by atoms with Crippen molar-refractivity contribution in [3.8, 4) is 11.5 Å². The second kappa shape index (κ2) is 10.5. The van der Waals surface area contributed by atoms with Gasteiger partial charge in [-0.3, -0.25) is 9.52 Å². The molecule has 3 rings (SSSR count). The Hall–Kier alpha value is -3.73. The van der Waals surface area contributed by atoms with Crippen LogP contribution in [0.15, 0.2) is 77.7 Å². The van der Waals surface area contributed by atoms with Crippen LogP contribution < -0.4 is 19.5 Å². The van der Waals surface area contributed by atoms with Gasteiger partial charge in [0.1, 0.15) is 11.5 Å². The van der Waals surface area contributed by atoms with Crippen LogP contribution in [-0.2, 0) is 27.5 Å². The van der Waals surface area contributed by atoms with Gasteiger partial charge in [0.15, 0.2) is 6.61 Å². The van der Waals surface area contributed by atoms with Crippen molar-refractivity contribution >= 4 is 21.6 Å². The maximum atomic E-state index is 12.8. The van der Waals surface area contributed by atoms with Gasteiger partial charge in [-0.25, -0.2) is 8.42 Å². The van der Waals surface area contributed by atoms with Gasteiger partial charge in [-0.2, -0.15) is 13.2 Å². The lowest BCUT2D eigenvalue weighted by atomic mass is 10.2. The molecule has 0 aliphatic rings. The minimum absolute atomic E-state index is 0.179. The molecule has 0 radical (unpaired) electrons. The average Bonchev–Trinajstić information content (AvgIpc) is 2.81. The number of hydrogen-bond donors (Lipinski definition) is 2. The summed E-state index contributed by atoms with van der Waals surface area (Å²) >= 11 is 0. The minimum Gasteiger partial charge on any atom is -0.497 e. The van der Waals surface area contributed by atoms with Crippen LogP contribution in [0.4, 0.5) is 18.9 Å². The first-order valence-corrected chi connectivity index (χ1v) is 11.4. The van der Waals surface area contributed by atoms with E-state index >= 15 is 0 Å². The van der Waals surface area contributed by atoms with Crippen molar-refractivity contribution in [1.82, 2.24) is 5.32 Å². The average molecular weight is 494 g/mol. The number of sulfonamides is 1. The second-order valence-corrected chi connectivity index (χ2v) is 8.75. The molecule has 0 saturated carbocycles. The topological polar surface area (TPSA) is 93.7 Å². The van der Waals surface area contributed by atoms with Crippen LogP contribution in [0.1, 0.15) is 11.1 Å². The molecule has 3 aromatic rings. The van der Waals surface area contributed by atoms with Crippen LogP contribution >= 0.6 is 0 Å². The van der Waals surface area contributed by atoms with Crippen molar-refractivity contribution in [2.45, 2.75) is 17.6 Å². The summed E-state index contributed by atoms with van der Waals surface area (Å²) in [5.74, 6) is 0.574. The summed E-state index contributed by atoms with van der Waals surface area (Å²) in [6.45, 7) is 0.00924. The molecule has 0 unspecified atom stereocenters. The second-order valence-electron chi connectivity index (χ2n) is 7.07. The smallest absolute Gasteiger partial charge is 0.416 e. The Kier molecular flexibility index (Phi) is 7.67. The Morgan fingerprint density at radius 3 is 2.21 bits per heavy atom. The number of nitrogens with one attached hydrogen (secondary N) is 2. The number of anilines is 1. The van der Waals surface area contributed by atoms with Crippen LogP contribution in [0.2, 0.25) is 0 Å². The third kappa shape index (κ3) is 6.88. The number of alkyl halides is 3. The summed E-state index contributed by atoms with van der Waals surface area (Å²) in [6, 6.07) is 16.2. The fourth-order valence-corrected chi connectivity index (χ4v) is 3.88. The van der Waals surface area contributed by atoms with Gasteiger partial charge >= 0.3 is 6.18 Å². The molecule has 0 fully saturated rings. The molecule has 180 valence electrons. The summed E-state index contributed by atoms with van der Waals surface area (Å²) in [5.41, 5.74) is -0.317. The predicted molar refractivity (Wildman–Crippen MR) is 119 cm³/mol. The summed E-state index contributed by atoms with van der Waals surface area (Å²) in [4.78, 5) is 11.8. The standard InChI is InChI=1S/C23H21F3N2O5S/c1-32-19-7-5-16(6-8-19)14-27-22(29)15-33-20-9-11-21(12-10-20)34(30,31)28-18-4-2-3-17(13-18)23(24,25)26/h2-13,28H,14-15H2,1H3,(H,27,29). The highest BCUT2D eigenvalue weighted by Gasteiger charge is 2.30. The summed E-state index contributed by atoms with van der Waals surface area (Å²) in [7, 11) is -2.57. The molecule has 2 N–H and O–H groups in total. The molecule has 1 amide bonds. The SMILES string of the molecule is COc1ccc(CNC(=O)COc2ccc(S(=O)(=O)Nc3cccc(C(F)(F)F)c3)cc2)cc1. The highest BCUT2D eigenvalue weighted by atomic mass is 32.2. The molecule has 0 saturated heterocycles. The van der Waals surface area contributed by atoms with E-state index in [-0.39, 0.29) is 28.8 Å². The number of hydrogen-bond acceptors (Lipinski definition) is 5. The van der Waals surface area contributed by atoms with E-state index in [1.165, 1.54) is 30.3 Å². The maximum absolute atomic E-state index is 12.8. The summed E-state index contributed by atoms with van der Waals surface area (Å²) in [5, 5.41) is 2.69. The lowest BCUT2D eigenvalue weighted by molar-refractivity contribution is -0.137. The van der Waals surface area contributed by atoms with Gasteiger partial charge in [-0.1, -0.05) is 18.2 Å². The number of carbonyl (C=O) groups is 1. The van der Waals surface area contributed by atoms with E-state index in [0.29, 0.717) is 18.4 Å². The Labute approximate surface area is 194 Å². The number of carbonyl (C=O) groups excluding carboxylic acids is 1. The predicted octanol–water partition coefficient (Wildman–Crippen LogP) is 4.21. The lowest BCUT2D eigenvalue weighted by Crippen LogP contribution is -2.28. The van der Waals surface area contributed by atoms with E-state index in [1.807, 2.05) is 12.1 Å². The molecule has 34 heavy (non-hydrogen) atoms. The molecule has 0 aliphatic carbocycles. The highest BCUT2D eigenvalue weighted by Crippen LogP contribution is 2.31. The third-order valence-corrected chi connectivity index (χ3v) is 5.99. The van der Waals surface area contributed by atoms with Crippen molar-refractivity contribution in [2.75, 3.05) is 18.4 Å². The van der Waals surface area contributed by atoms with E-state index in [4.69, 9.17) is 9.47 Å². The number of ether oxygens (including phenoxy) is 2. The first-order chi connectivity index (χ1) is 16.1. The largest absolute Gasteiger partial charge is 0.497 e. The van der Waals surface area contributed by atoms with Crippen LogP contribution in [0.3, 0.4) is 0 Å². The van der Waals surface area contributed by atoms with Crippen LogP contribution in [0, 0.1) is 0 Å². The van der Waals surface area contributed by atoms with Crippen LogP contribution in [0.5, 0.6) is 11.5 Å². The van der Waals surface area contributed by atoms with Gasteiger partial charge in [0.2, 0.25) is 0 Å². The highest BCUT2D eigenvalue weighted by molar-refractivity contribution is 7.92. The third-order valence-electron chi connectivity index (χ3n) is 4.59. The lowest BCUT2D eigenvalue weighted by Gasteiger charge is -2.12. The van der Waals surface area contributed by atoms with Crippen molar-refractivity contribution < 1.29 is 35.9 Å². The molecule has 0 spiro atoms. The van der Waals surface area contributed by atoms with Crippen molar-refractivity contribution in [3.05, 3.63) is 83.9 Å². The number of benzene rings is 3. The van der Waals surface area contributed by atoms with Gasteiger partial charge in [0, 0.05) is 12.2 Å².